The van der Waals surface area contributed by atoms with Gasteiger partial charge in [0.15, 0.2) is 11.9 Å². The second-order valence-corrected chi connectivity index (χ2v) is 29.7. The average molecular weight is 1370 g/mol. The molecule has 0 bridgehead atoms. The minimum Gasteiger partial charge on any atom is -0.450 e. The van der Waals surface area contributed by atoms with E-state index in [1.165, 1.54) is 76.0 Å². The number of hydrogen-bond acceptors (Lipinski definition) is 16. The number of ether oxygens (including phenoxy) is 3. The monoisotopic (exact) mass is 1360 g/mol. The summed E-state index contributed by atoms with van der Waals surface area (Å²) in [6.45, 7) is 29.6. The van der Waals surface area contributed by atoms with Crippen LogP contribution in [0.4, 0.5) is 0 Å². The molecule has 1 fully saturated rings. The number of amides is 9. The molecule has 2 aromatic rings. The van der Waals surface area contributed by atoms with Crippen LogP contribution in [-0.4, -0.2) is 247 Å². The second kappa shape index (κ2) is 38.3. The highest BCUT2D eigenvalue weighted by molar-refractivity contribution is 5.99. The van der Waals surface area contributed by atoms with Crippen molar-refractivity contribution in [1.29, 1.82) is 0 Å². The number of fused-ring (bicyclic) bond motifs is 1. The smallest absolute Gasteiger partial charge is 0.329 e. The summed E-state index contributed by atoms with van der Waals surface area (Å²) in [5, 5.41) is 11.5. The van der Waals surface area contributed by atoms with Crippen molar-refractivity contribution in [2.45, 2.75) is 229 Å². The maximum atomic E-state index is 15.6. The fourth-order valence-corrected chi connectivity index (χ4v) is 12.6. The minimum atomic E-state index is -1.52. The first-order chi connectivity index (χ1) is 45.1. The maximum absolute atomic E-state index is 15.6. The van der Waals surface area contributed by atoms with Gasteiger partial charge in [0.05, 0.1) is 42.4 Å². The van der Waals surface area contributed by atoms with Crippen molar-refractivity contribution in [1.82, 2.24) is 60.6 Å². The molecule has 26 heteroatoms. The first-order valence-corrected chi connectivity index (χ1v) is 34.5. The standard InChI is InChI=1S/C71H120N12O14/c1-38(2)30-51-66(89)80(20)54(33-41(7)8)63(86)72-46(16)71(94)97-60(44(13)14)70(93)81(21)55(34-42(9)10)64(87)76-52(31-39(3)4)67(90)82(22)58(43(11)12)69(92)83(23)59(61(96-25)45(15)35-56-73-49-28-26-27-29-50(49)74-56)65(88)77-57(47(17)95-24)68(91)79(19)37-48(84)36-78(18)53(32-40(5)6)62(85)75-51/h26-29,38-47,51-55,57-61H,30-37H2,1-25H3,(H,72,86)(H,73,74)(H,75,85)(H,76,87)(H,77,88)/t45-,46-,47-,51-,52-,53+,54-,55-,57-,58-,59-,60+,61-/m1/s1. The molecule has 0 saturated carbocycles. The molecular weight excluding hydrogens is 1240 g/mol. The Kier molecular flexibility index (Phi) is 33.3. The van der Waals surface area contributed by atoms with Gasteiger partial charge >= 0.3 is 5.97 Å². The molecule has 1 aromatic carbocycles. The third kappa shape index (κ3) is 23.8. The first kappa shape index (κ1) is 84.2. The highest BCUT2D eigenvalue weighted by Gasteiger charge is 2.46. The molecule has 97 heavy (non-hydrogen) atoms. The molecule has 0 aliphatic carbocycles. The van der Waals surface area contributed by atoms with E-state index >= 15 is 14.4 Å². The van der Waals surface area contributed by atoms with Crippen LogP contribution < -0.4 is 21.3 Å². The zero-order valence-corrected chi connectivity index (χ0v) is 62.9. The number of rotatable bonds is 19. The number of H-pyrrole nitrogens is 1. The van der Waals surface area contributed by atoms with Gasteiger partial charge in [0, 0.05) is 55.9 Å². The SMILES string of the molecule is CO[C@H]([C@H](C)Cc1nc2ccccc2[nH]1)[C@@H]1C(=O)N[C@H]([C@@H](C)OC)C(=O)N(C)CC(=O)CN(C)[C@@H](CC(C)C)C(=O)N[C@H](CC(C)C)C(=O)N(C)[C@H](CC(C)C)C(=O)N[C@H](C)C(=O)O[C@@H](C(C)C)C(=O)N(C)[C@H](CC(C)C)C(=O)N[C@H](CC(C)C)C(=O)N(C)[C@H](C(C)C)C(=O)N1C. The number of nitrogens with zero attached hydrogens (tertiary/aromatic N) is 7. The Hall–Kier alpha value is -7.06. The quantitative estimate of drug-likeness (QED) is 0.117. The van der Waals surface area contributed by atoms with E-state index in [4.69, 9.17) is 19.2 Å². The fraction of sp³-hybridized carbons (Fsp3) is 0.746. The number of Topliss-reactive ketones (excluding diaryl/α,β-unsaturated/α-hetero) is 1. The number of aromatic nitrogens is 2. The molecule has 1 aliphatic heterocycles. The molecule has 2 heterocycles. The number of esters is 1. The van der Waals surface area contributed by atoms with Gasteiger partial charge in [-0.15, -0.1) is 0 Å². The maximum Gasteiger partial charge on any atom is 0.329 e. The summed E-state index contributed by atoms with van der Waals surface area (Å²) in [5.41, 5.74) is 1.48. The van der Waals surface area contributed by atoms with E-state index in [2.05, 4.69) is 26.3 Å². The van der Waals surface area contributed by atoms with Crippen LogP contribution in [0, 0.1) is 47.3 Å². The van der Waals surface area contributed by atoms with Crippen molar-refractivity contribution < 1.29 is 67.0 Å². The number of carbonyl (C=O) groups excluding carboxylic acids is 11. The Bertz CT molecular complexity index is 2950. The summed E-state index contributed by atoms with van der Waals surface area (Å²) < 4.78 is 17.9. The van der Waals surface area contributed by atoms with E-state index in [0.717, 1.165) is 10.4 Å². The number of cyclic esters (lactones) is 1. The van der Waals surface area contributed by atoms with Crippen molar-refractivity contribution >= 4 is 76.0 Å². The Labute approximate surface area is 577 Å². The van der Waals surface area contributed by atoms with Gasteiger partial charge < -0.3 is 65.0 Å². The van der Waals surface area contributed by atoms with Crippen molar-refractivity contribution in [3.05, 3.63) is 30.1 Å². The number of carbonyl (C=O) groups is 11. The Morgan fingerprint density at radius 2 is 0.969 bits per heavy atom. The summed E-state index contributed by atoms with van der Waals surface area (Å²) in [5.74, 6) is -9.59. The van der Waals surface area contributed by atoms with Gasteiger partial charge in [-0.2, -0.15) is 0 Å². The van der Waals surface area contributed by atoms with Crippen molar-refractivity contribution in [2.24, 2.45) is 47.3 Å². The van der Waals surface area contributed by atoms with Crippen LogP contribution in [0.25, 0.3) is 11.0 Å². The number of methoxy groups -OCH3 is 2. The lowest BCUT2D eigenvalue weighted by atomic mass is 9.91. The third-order valence-electron chi connectivity index (χ3n) is 18.0. The van der Waals surface area contributed by atoms with Gasteiger partial charge in [-0.3, -0.25) is 52.8 Å². The molecule has 0 unspecified atom stereocenters. The molecule has 5 N–H and O–H groups in total. The van der Waals surface area contributed by atoms with Crippen molar-refractivity contribution in [3.8, 4) is 0 Å². The lowest BCUT2D eigenvalue weighted by Gasteiger charge is -2.41. The average Bonchev–Trinajstić information content (AvgIpc) is 1.39. The number of likely N-dealkylation sites (N-methyl/N-ethyl adjacent to an activating group) is 6. The van der Waals surface area contributed by atoms with Crippen LogP contribution in [0.15, 0.2) is 24.3 Å². The lowest BCUT2D eigenvalue weighted by molar-refractivity contribution is -0.166. The van der Waals surface area contributed by atoms with E-state index in [0.29, 0.717) is 11.3 Å². The predicted octanol–water partition coefficient (Wildman–Crippen LogP) is 4.85. The molecule has 1 saturated heterocycles. The molecule has 0 spiro atoms. The summed E-state index contributed by atoms with van der Waals surface area (Å²) >= 11 is 0. The zero-order valence-electron chi connectivity index (χ0n) is 62.9. The summed E-state index contributed by atoms with van der Waals surface area (Å²) in [7, 11) is 11.5. The van der Waals surface area contributed by atoms with Crippen LogP contribution in [0.5, 0.6) is 0 Å². The van der Waals surface area contributed by atoms with Gasteiger partial charge in [-0.1, -0.05) is 116 Å². The van der Waals surface area contributed by atoms with Crippen LogP contribution in [0.1, 0.15) is 156 Å². The Morgan fingerprint density at radius 3 is 1.44 bits per heavy atom. The predicted molar refractivity (Wildman–Crippen MR) is 372 cm³/mol. The number of aromatic amines is 1. The molecule has 9 amide bonds. The lowest BCUT2D eigenvalue weighted by Crippen LogP contribution is -2.64. The number of nitrogens with one attached hydrogen (secondary N) is 5. The zero-order chi connectivity index (χ0) is 73.9. The van der Waals surface area contributed by atoms with E-state index < -0.39 is 162 Å². The highest BCUT2D eigenvalue weighted by Crippen LogP contribution is 2.27. The van der Waals surface area contributed by atoms with Gasteiger partial charge in [0.25, 0.3) is 5.91 Å². The normalized spacial score (nSPS) is 25.6. The highest BCUT2D eigenvalue weighted by atomic mass is 16.6. The fourth-order valence-electron chi connectivity index (χ4n) is 12.6. The number of benzene rings is 1. The van der Waals surface area contributed by atoms with Crippen molar-refractivity contribution in [3.63, 3.8) is 0 Å². The molecule has 26 nitrogen and oxygen atoms in total. The number of hydrogen-bond donors (Lipinski definition) is 5. The van der Waals surface area contributed by atoms with Crippen LogP contribution in [-0.2, 0) is 73.4 Å². The topological polar surface area (TPSA) is 312 Å². The van der Waals surface area contributed by atoms with Crippen LogP contribution in [0.3, 0.4) is 0 Å². The van der Waals surface area contributed by atoms with E-state index in [1.54, 1.807) is 46.6 Å². The third-order valence-corrected chi connectivity index (χ3v) is 18.0. The largest absolute Gasteiger partial charge is 0.450 e. The Balaban J connectivity index is 2.37. The van der Waals surface area contributed by atoms with E-state index in [9.17, 15) is 38.4 Å². The van der Waals surface area contributed by atoms with Crippen LogP contribution >= 0.6 is 0 Å². The molecule has 1 aliphatic rings. The van der Waals surface area contributed by atoms with Crippen LogP contribution in [0.2, 0.25) is 0 Å². The van der Waals surface area contributed by atoms with E-state index in [1.807, 2.05) is 100 Å². The molecule has 548 valence electrons. The Morgan fingerprint density at radius 1 is 0.505 bits per heavy atom. The van der Waals surface area contributed by atoms with Gasteiger partial charge in [-0.05, 0) is 112 Å². The summed E-state index contributed by atoms with van der Waals surface area (Å²) in [6.07, 6.45) is -2.58. The minimum absolute atomic E-state index is 0.0815. The van der Waals surface area contributed by atoms with Crippen molar-refractivity contribution in [2.75, 3.05) is 69.6 Å². The molecule has 13 atom stereocenters. The number of imidazole rings is 1. The summed E-state index contributed by atoms with van der Waals surface area (Å²) in [6, 6.07) is -3.86. The summed E-state index contributed by atoms with van der Waals surface area (Å²) in [4.78, 5) is 179. The molecule has 1 aromatic heterocycles. The number of ketones is 1. The second-order valence-electron chi connectivity index (χ2n) is 29.7. The molecular formula is C71H120N12O14. The van der Waals surface area contributed by atoms with E-state index in [-0.39, 0.29) is 74.7 Å². The van der Waals surface area contributed by atoms with Gasteiger partial charge in [0.2, 0.25) is 47.3 Å². The molecule has 3 rings (SSSR count). The van der Waals surface area contributed by atoms with Gasteiger partial charge in [0.1, 0.15) is 54.2 Å². The molecule has 0 radical (unpaired) electrons. The first-order valence-electron chi connectivity index (χ1n) is 34.5. The van der Waals surface area contributed by atoms with Gasteiger partial charge in [-0.25, -0.2) is 9.78 Å². The number of para-hydroxylation sites is 2.